The molecule has 4 rings (SSSR count). The van der Waals surface area contributed by atoms with Crippen molar-refractivity contribution in [2.24, 2.45) is 5.92 Å². The van der Waals surface area contributed by atoms with Gasteiger partial charge in [-0.15, -0.1) is 11.3 Å². The largest absolute Gasteiger partial charge is 0.314 e. The second-order valence-electron chi connectivity index (χ2n) is 7.56. The molecule has 168 valence electrons. The molecule has 2 aromatic heterocycles. The number of amides is 2. The average molecular weight is 476 g/mol. The van der Waals surface area contributed by atoms with Crippen molar-refractivity contribution in [3.63, 3.8) is 0 Å². The lowest BCUT2D eigenvalue weighted by Gasteiger charge is -2.27. The van der Waals surface area contributed by atoms with Crippen molar-refractivity contribution in [2.75, 3.05) is 5.32 Å². The number of benzene rings is 1. The van der Waals surface area contributed by atoms with Gasteiger partial charge < -0.3 is 5.32 Å². The molecule has 0 radical (unpaired) electrons. The minimum Gasteiger partial charge on any atom is -0.314 e. The third-order valence-electron chi connectivity index (χ3n) is 5.11. The molecule has 3 aromatic rings. The summed E-state index contributed by atoms with van der Waals surface area (Å²) in [6, 6.07) is 8.99. The van der Waals surface area contributed by atoms with Crippen molar-refractivity contribution < 1.29 is 23.2 Å². The van der Waals surface area contributed by atoms with Gasteiger partial charge in [0.05, 0.1) is 22.1 Å². The first-order valence-corrected chi connectivity index (χ1v) is 12.0. The highest BCUT2D eigenvalue weighted by Gasteiger charge is 2.44. The number of nitrogens with zero attached hydrogens (tertiary/aromatic N) is 3. The maximum absolute atomic E-state index is 13.0. The molecule has 3 N–H and O–H groups in total. The van der Waals surface area contributed by atoms with Crippen molar-refractivity contribution in [3.8, 4) is 5.69 Å². The number of hydrogen-bond acceptors (Lipinski definition) is 7. The lowest BCUT2D eigenvalue weighted by molar-refractivity contribution is -0.134. The van der Waals surface area contributed by atoms with Crippen molar-refractivity contribution in [1.29, 1.82) is 0 Å². The second kappa shape index (κ2) is 8.47. The van der Waals surface area contributed by atoms with Gasteiger partial charge in [-0.2, -0.15) is 9.40 Å². The average Bonchev–Trinajstić information content (AvgIpc) is 3.47. The summed E-state index contributed by atoms with van der Waals surface area (Å²) in [6.45, 7) is 3.39. The van der Waals surface area contributed by atoms with Crippen LogP contribution in [-0.4, -0.2) is 45.6 Å². The Morgan fingerprint density at radius 3 is 2.50 bits per heavy atom. The number of nitrogens with one attached hydrogen (secondary N) is 2. The standard InChI is InChI=1S/C20H21N5O5S2/c1-12(2)18(20(27)23-28)25-11-15-16(32(25,29)30)10-17(31-15)22-19(26)13-4-6-14(7-5-13)24-9-3-8-21-24/h3-10,12,18,28H,11H2,1-2H3,(H,22,26)(H,23,27)/t18-/m1/s1. The molecule has 12 heteroatoms. The smallest absolute Gasteiger partial charge is 0.262 e. The molecule has 1 aliphatic heterocycles. The van der Waals surface area contributed by atoms with Crippen LogP contribution >= 0.6 is 11.3 Å². The van der Waals surface area contributed by atoms with E-state index in [9.17, 15) is 18.0 Å². The topological polar surface area (TPSA) is 134 Å². The molecular formula is C20H21N5O5S2. The Morgan fingerprint density at radius 1 is 1.22 bits per heavy atom. The third kappa shape index (κ3) is 3.93. The summed E-state index contributed by atoms with van der Waals surface area (Å²) in [5.74, 6) is -1.51. The predicted octanol–water partition coefficient (Wildman–Crippen LogP) is 2.22. The first-order valence-electron chi connectivity index (χ1n) is 9.72. The van der Waals surface area contributed by atoms with Crippen LogP contribution in [0.2, 0.25) is 0 Å². The fraction of sp³-hybridized carbons (Fsp3) is 0.250. The van der Waals surface area contributed by atoms with E-state index in [1.54, 1.807) is 66.7 Å². The monoisotopic (exact) mass is 475 g/mol. The minimum atomic E-state index is -3.95. The van der Waals surface area contributed by atoms with E-state index in [1.165, 1.54) is 6.07 Å². The van der Waals surface area contributed by atoms with Gasteiger partial charge in [0.2, 0.25) is 10.0 Å². The van der Waals surface area contributed by atoms with Crippen molar-refractivity contribution in [3.05, 3.63) is 59.2 Å². The van der Waals surface area contributed by atoms with Gasteiger partial charge >= 0.3 is 0 Å². The second-order valence-corrected chi connectivity index (χ2v) is 10.6. The molecule has 0 fully saturated rings. The van der Waals surface area contributed by atoms with Crippen molar-refractivity contribution >= 4 is 38.2 Å². The highest BCUT2D eigenvalue weighted by molar-refractivity contribution is 7.89. The molecule has 2 amide bonds. The van der Waals surface area contributed by atoms with Gasteiger partial charge in [0.25, 0.3) is 11.8 Å². The van der Waals surface area contributed by atoms with Gasteiger partial charge in [-0.05, 0) is 42.3 Å². The number of anilines is 1. The van der Waals surface area contributed by atoms with Crippen LogP contribution < -0.4 is 10.8 Å². The number of rotatable bonds is 6. The molecular weight excluding hydrogens is 454 g/mol. The Labute approximate surface area is 188 Å². The number of sulfonamides is 1. The van der Waals surface area contributed by atoms with Gasteiger partial charge in [-0.25, -0.2) is 18.6 Å². The summed E-state index contributed by atoms with van der Waals surface area (Å²) in [5.41, 5.74) is 2.76. The summed E-state index contributed by atoms with van der Waals surface area (Å²) >= 11 is 1.14. The zero-order valence-electron chi connectivity index (χ0n) is 17.2. The number of carbonyl (C=O) groups excluding carboxylic acids is 2. The highest BCUT2D eigenvalue weighted by Crippen LogP contribution is 2.41. The number of carbonyl (C=O) groups is 2. The summed E-state index contributed by atoms with van der Waals surface area (Å²) in [4.78, 5) is 25.2. The Bertz CT molecular complexity index is 1250. The van der Waals surface area contributed by atoms with Gasteiger partial charge in [0.15, 0.2) is 0 Å². The summed E-state index contributed by atoms with van der Waals surface area (Å²) < 4.78 is 28.8. The van der Waals surface area contributed by atoms with Crippen molar-refractivity contribution in [2.45, 2.75) is 31.3 Å². The molecule has 10 nitrogen and oxygen atoms in total. The number of aromatic nitrogens is 2. The number of thiophene rings is 1. The lowest BCUT2D eigenvalue weighted by Crippen LogP contribution is -2.49. The van der Waals surface area contributed by atoms with E-state index < -0.39 is 22.0 Å². The summed E-state index contributed by atoms with van der Waals surface area (Å²) in [7, 11) is -3.95. The van der Waals surface area contributed by atoms with E-state index in [4.69, 9.17) is 5.21 Å². The molecule has 1 atom stereocenters. The summed E-state index contributed by atoms with van der Waals surface area (Å²) in [6.07, 6.45) is 3.45. The van der Waals surface area contributed by atoms with Crippen LogP contribution in [0.5, 0.6) is 0 Å². The normalized spacial score (nSPS) is 16.0. The molecule has 1 aromatic carbocycles. The van der Waals surface area contributed by atoms with Crippen LogP contribution in [0.3, 0.4) is 0 Å². The first-order chi connectivity index (χ1) is 15.2. The lowest BCUT2D eigenvalue weighted by atomic mass is 10.0. The number of fused-ring (bicyclic) bond motifs is 1. The van der Waals surface area contributed by atoms with E-state index in [-0.39, 0.29) is 23.3 Å². The maximum Gasteiger partial charge on any atom is 0.262 e. The van der Waals surface area contributed by atoms with Gasteiger partial charge in [-0.3, -0.25) is 14.8 Å². The zero-order chi connectivity index (χ0) is 23.0. The predicted molar refractivity (Wildman–Crippen MR) is 117 cm³/mol. The Balaban J connectivity index is 1.51. The number of hydroxylamine groups is 1. The van der Waals surface area contributed by atoms with E-state index in [1.807, 2.05) is 0 Å². The molecule has 3 heterocycles. The van der Waals surface area contributed by atoms with Crippen LogP contribution in [0.25, 0.3) is 5.69 Å². The minimum absolute atomic E-state index is 0.00691. The van der Waals surface area contributed by atoms with Crippen LogP contribution in [0.1, 0.15) is 29.1 Å². The van der Waals surface area contributed by atoms with Crippen LogP contribution in [0.15, 0.2) is 53.7 Å². The van der Waals surface area contributed by atoms with E-state index in [0.717, 1.165) is 21.3 Å². The molecule has 0 unspecified atom stereocenters. The molecule has 1 aliphatic rings. The van der Waals surface area contributed by atoms with Crippen molar-refractivity contribution in [1.82, 2.24) is 19.6 Å². The van der Waals surface area contributed by atoms with Crippen LogP contribution in [0, 0.1) is 5.92 Å². The maximum atomic E-state index is 13.0. The molecule has 0 saturated carbocycles. The van der Waals surface area contributed by atoms with Gasteiger partial charge in [0, 0.05) is 22.8 Å². The van der Waals surface area contributed by atoms with Crippen LogP contribution in [0.4, 0.5) is 5.00 Å². The van der Waals surface area contributed by atoms with Gasteiger partial charge in [0.1, 0.15) is 6.04 Å². The molecule has 32 heavy (non-hydrogen) atoms. The SMILES string of the molecule is CC(C)[C@H](C(=O)NO)N1Cc2sc(NC(=O)c3ccc(-n4cccn4)cc3)cc2S1(=O)=O. The fourth-order valence-electron chi connectivity index (χ4n) is 3.61. The number of hydrogen-bond donors (Lipinski definition) is 3. The van der Waals surface area contributed by atoms with E-state index in [2.05, 4.69) is 10.4 Å². The molecule has 0 aliphatic carbocycles. The molecule has 0 spiro atoms. The quantitative estimate of drug-likeness (QED) is 0.370. The fourth-order valence-corrected chi connectivity index (χ4v) is 6.96. The summed E-state index contributed by atoms with van der Waals surface area (Å²) in [5, 5.41) is 16.3. The Kier molecular flexibility index (Phi) is 5.86. The molecule has 0 bridgehead atoms. The Hall–Kier alpha value is -3.06. The van der Waals surface area contributed by atoms with Gasteiger partial charge in [-0.1, -0.05) is 13.8 Å². The van der Waals surface area contributed by atoms with Crippen LogP contribution in [-0.2, 0) is 21.4 Å². The molecule has 0 saturated heterocycles. The van der Waals surface area contributed by atoms with E-state index in [0.29, 0.717) is 15.4 Å². The van der Waals surface area contributed by atoms with E-state index >= 15 is 0 Å². The Morgan fingerprint density at radius 2 is 1.94 bits per heavy atom. The third-order valence-corrected chi connectivity index (χ3v) is 8.17. The first kappa shape index (κ1) is 22.1. The zero-order valence-corrected chi connectivity index (χ0v) is 18.9. The highest BCUT2D eigenvalue weighted by atomic mass is 32.2.